The summed E-state index contributed by atoms with van der Waals surface area (Å²) < 4.78 is 30.1. The van der Waals surface area contributed by atoms with Crippen LogP contribution in [-0.4, -0.2) is 58.7 Å². The van der Waals surface area contributed by atoms with Crippen LogP contribution in [0.2, 0.25) is 0 Å². The molecule has 2 aliphatic heterocycles. The van der Waals surface area contributed by atoms with Crippen molar-refractivity contribution in [3.8, 4) is 0 Å². The number of rotatable bonds is 6. The van der Waals surface area contributed by atoms with Crippen LogP contribution in [0.15, 0.2) is 65.7 Å². The van der Waals surface area contributed by atoms with E-state index in [-0.39, 0.29) is 22.8 Å². The molecule has 2 bridgehead atoms. The standard InChI is InChI=1S/C24H26N4O3S2/c1-2-17-15-27(13-11-18-6-3-4-12-25-18)24(29)22-8-5-7-21(17)28(22)33(30,31)19-9-10-20-23(14-19)32-16-26-20/h2-4,6,9-10,12,14,16-17,21-22H,1,5,7-8,11,13,15H2. The van der Waals surface area contributed by atoms with Gasteiger partial charge in [0.1, 0.15) is 6.04 Å². The normalized spacial score (nSPS) is 24.1. The second kappa shape index (κ2) is 8.96. The van der Waals surface area contributed by atoms with Crippen molar-refractivity contribution in [2.45, 2.75) is 42.7 Å². The highest BCUT2D eigenvalue weighted by Crippen LogP contribution is 2.38. The fraction of sp³-hybridized carbons (Fsp3) is 0.375. The lowest BCUT2D eigenvalue weighted by molar-refractivity contribution is -0.135. The monoisotopic (exact) mass is 482 g/mol. The van der Waals surface area contributed by atoms with Gasteiger partial charge in [-0.05, 0) is 49.6 Å². The van der Waals surface area contributed by atoms with E-state index in [1.807, 2.05) is 29.2 Å². The fourth-order valence-corrected chi connectivity index (χ4v) is 7.70. The Labute approximate surface area is 197 Å². The van der Waals surface area contributed by atoms with Gasteiger partial charge in [0.15, 0.2) is 0 Å². The van der Waals surface area contributed by atoms with Crippen LogP contribution in [-0.2, 0) is 21.2 Å². The number of hydrogen-bond acceptors (Lipinski definition) is 6. The number of pyridine rings is 1. The number of thiazole rings is 1. The van der Waals surface area contributed by atoms with Gasteiger partial charge in [-0.3, -0.25) is 9.78 Å². The van der Waals surface area contributed by atoms with E-state index in [9.17, 15) is 13.2 Å². The molecule has 33 heavy (non-hydrogen) atoms. The molecule has 0 spiro atoms. The van der Waals surface area contributed by atoms with Crippen LogP contribution < -0.4 is 0 Å². The lowest BCUT2D eigenvalue weighted by Crippen LogP contribution is -2.54. The van der Waals surface area contributed by atoms with Crippen LogP contribution in [0.4, 0.5) is 0 Å². The number of sulfonamides is 1. The zero-order valence-corrected chi connectivity index (χ0v) is 19.8. The Kier molecular flexibility index (Phi) is 6.03. The van der Waals surface area contributed by atoms with Crippen LogP contribution in [0.3, 0.4) is 0 Å². The molecule has 9 heteroatoms. The quantitative estimate of drug-likeness (QED) is 0.502. The van der Waals surface area contributed by atoms with E-state index in [0.717, 1.165) is 28.8 Å². The summed E-state index contributed by atoms with van der Waals surface area (Å²) in [6, 6.07) is 9.77. The lowest BCUT2D eigenvalue weighted by Gasteiger charge is -2.40. The SMILES string of the molecule is C=CC1CN(CCc2ccccn2)C(=O)C2CCCC1N2S(=O)(=O)c1ccc2ncsc2c1. The summed E-state index contributed by atoms with van der Waals surface area (Å²) >= 11 is 1.41. The predicted octanol–water partition coefficient (Wildman–Crippen LogP) is 3.49. The van der Waals surface area contributed by atoms with Crippen molar-refractivity contribution in [3.63, 3.8) is 0 Å². The molecule has 2 aromatic heterocycles. The zero-order valence-electron chi connectivity index (χ0n) is 18.2. The van der Waals surface area contributed by atoms with E-state index in [1.165, 1.54) is 15.6 Å². The second-order valence-electron chi connectivity index (χ2n) is 8.59. The molecule has 2 fully saturated rings. The third-order valence-electron chi connectivity index (χ3n) is 6.68. The Morgan fingerprint density at radius 3 is 2.85 bits per heavy atom. The van der Waals surface area contributed by atoms with E-state index in [1.54, 1.807) is 29.9 Å². The van der Waals surface area contributed by atoms with E-state index in [2.05, 4.69) is 16.5 Å². The van der Waals surface area contributed by atoms with E-state index in [4.69, 9.17) is 0 Å². The molecule has 2 aliphatic rings. The Hall–Kier alpha value is -2.62. The Morgan fingerprint density at radius 2 is 2.06 bits per heavy atom. The minimum absolute atomic E-state index is 0.123. The van der Waals surface area contributed by atoms with Crippen molar-refractivity contribution in [2.75, 3.05) is 13.1 Å². The summed E-state index contributed by atoms with van der Waals surface area (Å²) in [5, 5.41) is 0. The van der Waals surface area contributed by atoms with E-state index in [0.29, 0.717) is 25.9 Å². The molecule has 0 saturated carbocycles. The van der Waals surface area contributed by atoms with Crippen molar-refractivity contribution in [2.24, 2.45) is 5.92 Å². The fourth-order valence-electron chi connectivity index (χ4n) is 5.01. The molecule has 3 atom stereocenters. The first-order chi connectivity index (χ1) is 16.0. The molecule has 0 radical (unpaired) electrons. The van der Waals surface area contributed by atoms with Crippen LogP contribution in [0.5, 0.6) is 0 Å². The summed E-state index contributed by atoms with van der Waals surface area (Å²) in [6.07, 6.45) is 6.25. The summed E-state index contributed by atoms with van der Waals surface area (Å²) in [4.78, 5) is 24.3. The molecular formula is C24H26N4O3S2. The molecule has 4 heterocycles. The second-order valence-corrected chi connectivity index (χ2v) is 11.3. The van der Waals surface area contributed by atoms with Crippen molar-refractivity contribution in [3.05, 3.63) is 66.5 Å². The van der Waals surface area contributed by atoms with Crippen molar-refractivity contribution in [1.82, 2.24) is 19.2 Å². The molecule has 7 nitrogen and oxygen atoms in total. The van der Waals surface area contributed by atoms with Gasteiger partial charge in [-0.15, -0.1) is 17.9 Å². The highest BCUT2D eigenvalue weighted by molar-refractivity contribution is 7.89. The zero-order chi connectivity index (χ0) is 23.0. The first kappa shape index (κ1) is 22.2. The van der Waals surface area contributed by atoms with E-state index >= 15 is 0 Å². The number of fused-ring (bicyclic) bond motifs is 3. The van der Waals surface area contributed by atoms with Crippen LogP contribution >= 0.6 is 11.3 Å². The molecule has 3 aromatic rings. The average Bonchev–Trinajstić information content (AvgIpc) is 3.30. The Morgan fingerprint density at radius 1 is 1.18 bits per heavy atom. The number of carbonyl (C=O) groups is 1. The molecule has 3 unspecified atom stereocenters. The van der Waals surface area contributed by atoms with Gasteiger partial charge in [-0.25, -0.2) is 13.4 Å². The van der Waals surface area contributed by atoms with Gasteiger partial charge in [0, 0.05) is 43.4 Å². The van der Waals surface area contributed by atoms with Crippen molar-refractivity contribution in [1.29, 1.82) is 0 Å². The van der Waals surface area contributed by atoms with Crippen LogP contribution in [0, 0.1) is 5.92 Å². The number of benzene rings is 1. The molecule has 2 saturated heterocycles. The molecule has 5 rings (SSSR count). The summed E-state index contributed by atoms with van der Waals surface area (Å²) in [7, 11) is -3.88. The van der Waals surface area contributed by atoms with Crippen molar-refractivity contribution < 1.29 is 13.2 Å². The number of nitrogens with zero attached hydrogens (tertiary/aromatic N) is 4. The van der Waals surface area contributed by atoms with Gasteiger partial charge < -0.3 is 4.90 Å². The van der Waals surface area contributed by atoms with Crippen molar-refractivity contribution >= 4 is 37.5 Å². The maximum atomic E-state index is 13.9. The molecule has 1 aromatic carbocycles. The maximum absolute atomic E-state index is 13.9. The number of piperidine rings is 1. The summed E-state index contributed by atoms with van der Waals surface area (Å²) in [5.74, 6) is -0.257. The number of hydrogen-bond donors (Lipinski definition) is 0. The van der Waals surface area contributed by atoms with Gasteiger partial charge in [-0.1, -0.05) is 12.1 Å². The first-order valence-electron chi connectivity index (χ1n) is 11.2. The van der Waals surface area contributed by atoms with Gasteiger partial charge in [-0.2, -0.15) is 4.31 Å². The smallest absolute Gasteiger partial charge is 0.244 e. The third-order valence-corrected chi connectivity index (χ3v) is 9.40. The average molecular weight is 483 g/mol. The number of amides is 1. The summed E-state index contributed by atoms with van der Waals surface area (Å²) in [6.45, 7) is 4.97. The van der Waals surface area contributed by atoms with Crippen LogP contribution in [0.1, 0.15) is 25.0 Å². The summed E-state index contributed by atoms with van der Waals surface area (Å²) in [5.41, 5.74) is 3.39. The van der Waals surface area contributed by atoms with Gasteiger partial charge >= 0.3 is 0 Å². The Bertz CT molecular complexity index is 1280. The molecule has 0 aliphatic carbocycles. The van der Waals surface area contributed by atoms with E-state index < -0.39 is 16.1 Å². The minimum Gasteiger partial charge on any atom is -0.340 e. The highest BCUT2D eigenvalue weighted by atomic mass is 32.2. The number of aromatic nitrogens is 2. The molecular weight excluding hydrogens is 456 g/mol. The largest absolute Gasteiger partial charge is 0.340 e. The van der Waals surface area contributed by atoms with Gasteiger partial charge in [0.05, 0.1) is 20.6 Å². The lowest BCUT2D eigenvalue weighted by atomic mass is 9.90. The third kappa shape index (κ3) is 4.09. The minimum atomic E-state index is -3.88. The van der Waals surface area contributed by atoms with Crippen LogP contribution in [0.25, 0.3) is 10.2 Å². The highest BCUT2D eigenvalue weighted by Gasteiger charge is 2.49. The van der Waals surface area contributed by atoms with Gasteiger partial charge in [0.2, 0.25) is 15.9 Å². The predicted molar refractivity (Wildman–Crippen MR) is 128 cm³/mol. The first-order valence-corrected chi connectivity index (χ1v) is 13.5. The van der Waals surface area contributed by atoms with Gasteiger partial charge in [0.25, 0.3) is 0 Å². The molecule has 172 valence electrons. The molecule has 0 N–H and O–H groups in total. The molecule has 1 amide bonds. The maximum Gasteiger partial charge on any atom is 0.244 e. The topological polar surface area (TPSA) is 83.5 Å². The Balaban J connectivity index is 1.49. The number of carbonyl (C=O) groups excluding carboxylic acids is 1.